The standard InChI is InChI=1S/C13H28N2O/c1-12(5-10-16-4)14-11-13(2)6-8-15(3)9-7-13/h12,14H,5-11H2,1-4H3. The minimum Gasteiger partial charge on any atom is -0.385 e. The summed E-state index contributed by atoms with van der Waals surface area (Å²) in [6, 6.07) is 0.566. The Morgan fingerprint density at radius 3 is 2.56 bits per heavy atom. The van der Waals surface area contributed by atoms with Crippen molar-refractivity contribution in [1.29, 1.82) is 0 Å². The number of nitrogens with zero attached hydrogens (tertiary/aromatic N) is 1. The van der Waals surface area contributed by atoms with Crippen LogP contribution in [0, 0.1) is 5.41 Å². The fourth-order valence-corrected chi connectivity index (χ4v) is 2.15. The van der Waals surface area contributed by atoms with Gasteiger partial charge in [0.25, 0.3) is 0 Å². The van der Waals surface area contributed by atoms with E-state index in [0.717, 1.165) is 19.6 Å². The van der Waals surface area contributed by atoms with Gasteiger partial charge in [-0.2, -0.15) is 0 Å². The summed E-state index contributed by atoms with van der Waals surface area (Å²) in [4.78, 5) is 2.43. The number of likely N-dealkylation sites (tertiary alicyclic amines) is 1. The second kappa shape index (κ2) is 6.58. The molecule has 0 saturated carbocycles. The Labute approximate surface area is 101 Å². The smallest absolute Gasteiger partial charge is 0.0476 e. The molecule has 1 heterocycles. The number of methoxy groups -OCH3 is 1. The Hall–Kier alpha value is -0.120. The number of nitrogens with one attached hydrogen (secondary N) is 1. The highest BCUT2D eigenvalue weighted by atomic mass is 16.5. The van der Waals surface area contributed by atoms with E-state index in [1.54, 1.807) is 7.11 Å². The molecular formula is C13H28N2O. The van der Waals surface area contributed by atoms with Gasteiger partial charge in [-0.25, -0.2) is 0 Å². The molecule has 1 aliphatic rings. The molecule has 0 aromatic rings. The monoisotopic (exact) mass is 228 g/mol. The topological polar surface area (TPSA) is 24.5 Å². The average Bonchev–Trinajstić information content (AvgIpc) is 2.28. The molecule has 0 amide bonds. The molecule has 1 rings (SSSR count). The minimum absolute atomic E-state index is 0.494. The molecule has 16 heavy (non-hydrogen) atoms. The van der Waals surface area contributed by atoms with E-state index < -0.39 is 0 Å². The Morgan fingerprint density at radius 2 is 2.00 bits per heavy atom. The van der Waals surface area contributed by atoms with E-state index in [1.165, 1.54) is 25.9 Å². The third kappa shape index (κ3) is 4.81. The lowest BCUT2D eigenvalue weighted by Crippen LogP contribution is -2.44. The molecule has 1 unspecified atom stereocenters. The molecule has 0 aliphatic carbocycles. The number of rotatable bonds is 6. The maximum atomic E-state index is 5.10. The maximum Gasteiger partial charge on any atom is 0.0476 e. The van der Waals surface area contributed by atoms with Gasteiger partial charge in [0, 0.05) is 26.3 Å². The molecule has 3 heteroatoms. The lowest BCUT2D eigenvalue weighted by Gasteiger charge is -2.38. The molecule has 0 aromatic carbocycles. The van der Waals surface area contributed by atoms with Gasteiger partial charge in [0.05, 0.1) is 0 Å². The Balaban J connectivity index is 2.20. The number of piperidine rings is 1. The van der Waals surface area contributed by atoms with Crippen LogP contribution < -0.4 is 5.32 Å². The van der Waals surface area contributed by atoms with Crippen LogP contribution in [0.3, 0.4) is 0 Å². The normalized spacial score (nSPS) is 23.2. The average molecular weight is 228 g/mol. The van der Waals surface area contributed by atoms with Gasteiger partial charge >= 0.3 is 0 Å². The van der Waals surface area contributed by atoms with E-state index >= 15 is 0 Å². The van der Waals surface area contributed by atoms with Crippen molar-refractivity contribution in [1.82, 2.24) is 10.2 Å². The van der Waals surface area contributed by atoms with Crippen LogP contribution in [0.4, 0.5) is 0 Å². The van der Waals surface area contributed by atoms with E-state index in [1.807, 2.05) is 0 Å². The third-order valence-electron chi connectivity index (χ3n) is 3.83. The number of ether oxygens (including phenoxy) is 1. The predicted octanol–water partition coefficient (Wildman–Crippen LogP) is 1.73. The lowest BCUT2D eigenvalue weighted by atomic mass is 9.80. The summed E-state index contributed by atoms with van der Waals surface area (Å²) in [7, 11) is 3.99. The zero-order valence-corrected chi connectivity index (χ0v) is 11.4. The Kier molecular flexibility index (Phi) is 5.73. The zero-order chi connectivity index (χ0) is 12.0. The van der Waals surface area contributed by atoms with Crippen LogP contribution in [-0.2, 0) is 4.74 Å². The Bertz CT molecular complexity index is 188. The van der Waals surface area contributed by atoms with Gasteiger partial charge in [-0.05, 0) is 51.7 Å². The molecule has 0 aromatic heterocycles. The molecule has 1 atom stereocenters. The largest absolute Gasteiger partial charge is 0.385 e. The van der Waals surface area contributed by atoms with Crippen molar-refractivity contribution in [3.8, 4) is 0 Å². The maximum absolute atomic E-state index is 5.10. The van der Waals surface area contributed by atoms with Crippen molar-refractivity contribution in [2.24, 2.45) is 5.41 Å². The quantitative estimate of drug-likeness (QED) is 0.749. The van der Waals surface area contributed by atoms with Crippen molar-refractivity contribution >= 4 is 0 Å². The van der Waals surface area contributed by atoms with Gasteiger partial charge < -0.3 is 15.0 Å². The highest BCUT2D eigenvalue weighted by molar-refractivity contribution is 4.84. The number of hydrogen-bond acceptors (Lipinski definition) is 3. The SMILES string of the molecule is COCCC(C)NCC1(C)CCN(C)CC1. The van der Waals surface area contributed by atoms with Crippen molar-refractivity contribution in [3.63, 3.8) is 0 Å². The molecule has 0 spiro atoms. The first-order chi connectivity index (χ1) is 7.56. The molecule has 1 aliphatic heterocycles. The summed E-state index contributed by atoms with van der Waals surface area (Å²) in [6.07, 6.45) is 3.73. The molecule has 3 nitrogen and oxygen atoms in total. The summed E-state index contributed by atoms with van der Waals surface area (Å²) in [5.74, 6) is 0. The predicted molar refractivity (Wildman–Crippen MR) is 68.8 cm³/mol. The van der Waals surface area contributed by atoms with Gasteiger partial charge in [-0.15, -0.1) is 0 Å². The summed E-state index contributed by atoms with van der Waals surface area (Å²) < 4.78 is 5.10. The highest BCUT2D eigenvalue weighted by Gasteiger charge is 2.28. The Morgan fingerprint density at radius 1 is 1.38 bits per heavy atom. The highest BCUT2D eigenvalue weighted by Crippen LogP contribution is 2.29. The van der Waals surface area contributed by atoms with Crippen LogP contribution in [0.15, 0.2) is 0 Å². The molecule has 1 N–H and O–H groups in total. The van der Waals surface area contributed by atoms with Crippen molar-refractivity contribution in [3.05, 3.63) is 0 Å². The van der Waals surface area contributed by atoms with Crippen molar-refractivity contribution in [2.75, 3.05) is 40.4 Å². The van der Waals surface area contributed by atoms with Crippen molar-refractivity contribution in [2.45, 2.75) is 39.2 Å². The first-order valence-corrected chi connectivity index (χ1v) is 6.47. The first-order valence-electron chi connectivity index (χ1n) is 6.47. The van der Waals surface area contributed by atoms with Crippen LogP contribution in [-0.4, -0.2) is 51.3 Å². The molecule has 1 fully saturated rings. The van der Waals surface area contributed by atoms with Crippen LogP contribution in [0.5, 0.6) is 0 Å². The number of hydrogen-bond donors (Lipinski definition) is 1. The van der Waals surface area contributed by atoms with Gasteiger partial charge in [-0.3, -0.25) is 0 Å². The molecule has 0 radical (unpaired) electrons. The fourth-order valence-electron chi connectivity index (χ4n) is 2.15. The van der Waals surface area contributed by atoms with E-state index in [-0.39, 0.29) is 0 Å². The van der Waals surface area contributed by atoms with E-state index in [0.29, 0.717) is 11.5 Å². The summed E-state index contributed by atoms with van der Waals surface area (Å²) in [5.41, 5.74) is 0.494. The second-order valence-electron chi connectivity index (χ2n) is 5.68. The third-order valence-corrected chi connectivity index (χ3v) is 3.83. The van der Waals surface area contributed by atoms with Crippen molar-refractivity contribution < 1.29 is 4.74 Å². The molecule has 96 valence electrons. The summed E-state index contributed by atoms with van der Waals surface area (Å²) in [6.45, 7) is 9.14. The lowest BCUT2D eigenvalue weighted by molar-refractivity contribution is 0.129. The van der Waals surface area contributed by atoms with Crippen LogP contribution in [0.1, 0.15) is 33.1 Å². The second-order valence-corrected chi connectivity index (χ2v) is 5.68. The first kappa shape index (κ1) is 13.9. The molecule has 1 saturated heterocycles. The van der Waals surface area contributed by atoms with Crippen LogP contribution in [0.25, 0.3) is 0 Å². The summed E-state index contributed by atoms with van der Waals surface area (Å²) >= 11 is 0. The van der Waals surface area contributed by atoms with Crippen LogP contribution >= 0.6 is 0 Å². The molecule has 0 bridgehead atoms. The van der Waals surface area contributed by atoms with Gasteiger partial charge in [0.2, 0.25) is 0 Å². The summed E-state index contributed by atoms with van der Waals surface area (Å²) in [5, 5.41) is 3.64. The van der Waals surface area contributed by atoms with E-state index in [2.05, 4.69) is 31.1 Å². The van der Waals surface area contributed by atoms with Gasteiger partial charge in [-0.1, -0.05) is 6.92 Å². The fraction of sp³-hybridized carbons (Fsp3) is 1.00. The van der Waals surface area contributed by atoms with Gasteiger partial charge in [0.15, 0.2) is 0 Å². The van der Waals surface area contributed by atoms with E-state index in [9.17, 15) is 0 Å². The zero-order valence-electron chi connectivity index (χ0n) is 11.4. The van der Waals surface area contributed by atoms with E-state index in [4.69, 9.17) is 4.74 Å². The minimum atomic E-state index is 0.494. The van der Waals surface area contributed by atoms with Gasteiger partial charge in [0.1, 0.15) is 0 Å². The molecular weight excluding hydrogens is 200 g/mol. The van der Waals surface area contributed by atoms with Crippen LogP contribution in [0.2, 0.25) is 0 Å².